The lowest BCUT2D eigenvalue weighted by Gasteiger charge is -1.70. The van der Waals surface area contributed by atoms with Crippen LogP contribution in [0.25, 0.3) is 0 Å². The number of aromatic nitrogens is 5. The van der Waals surface area contributed by atoms with E-state index in [0.29, 0.717) is 0 Å². The summed E-state index contributed by atoms with van der Waals surface area (Å²) in [6.07, 6.45) is 13.0. The van der Waals surface area contributed by atoms with Crippen LogP contribution in [-0.2, 0) is 0 Å². The van der Waals surface area contributed by atoms with Gasteiger partial charge < -0.3 is 4.42 Å². The van der Waals surface area contributed by atoms with Gasteiger partial charge in [0.15, 0.2) is 6.39 Å². The first-order valence-electron chi connectivity index (χ1n) is 6.21. The molecule has 6 nitrogen and oxygen atoms in total. The first kappa shape index (κ1) is 17.1. The smallest absolute Gasteiger partial charge is 0.180 e. The zero-order chi connectivity index (χ0) is 15.6. The van der Waals surface area contributed by atoms with E-state index in [1.807, 2.05) is 35.7 Å². The molecule has 0 saturated carbocycles. The Hall–Kier alpha value is -2.93. The molecule has 112 valence electrons. The molecule has 4 aromatic heterocycles. The van der Waals surface area contributed by atoms with E-state index in [1.165, 1.54) is 12.7 Å². The summed E-state index contributed by atoms with van der Waals surface area (Å²) in [6, 6.07) is 9.37. The standard InChI is InChI=1S/C5H5N.C4H4N2.C3H3NO.C3H3NS/c2*1-2-4-6-5-3-1;2*1-2-5-3-4-1/h1-5H;1-4H;2*1-3H. The van der Waals surface area contributed by atoms with Crippen molar-refractivity contribution in [3.8, 4) is 0 Å². The van der Waals surface area contributed by atoms with Crippen LogP contribution in [0.3, 0.4) is 0 Å². The summed E-state index contributed by atoms with van der Waals surface area (Å²) >= 11 is 1.60. The molecule has 0 N–H and O–H groups in total. The zero-order valence-electron chi connectivity index (χ0n) is 11.7. The Balaban J connectivity index is 0.000000147. The van der Waals surface area contributed by atoms with Gasteiger partial charge in [-0.15, -0.1) is 11.3 Å². The molecule has 0 aliphatic rings. The molecule has 0 bridgehead atoms. The number of hydrogen-bond donors (Lipinski definition) is 0. The highest BCUT2D eigenvalue weighted by molar-refractivity contribution is 7.07. The Morgan fingerprint density at radius 2 is 1.36 bits per heavy atom. The third-order valence-electron chi connectivity index (χ3n) is 1.74. The number of rotatable bonds is 0. The van der Waals surface area contributed by atoms with E-state index in [1.54, 1.807) is 54.0 Å². The third-order valence-corrected chi connectivity index (χ3v) is 2.27. The lowest BCUT2D eigenvalue weighted by molar-refractivity contribution is 0.558. The molecule has 0 aliphatic carbocycles. The van der Waals surface area contributed by atoms with Crippen molar-refractivity contribution in [2.75, 3.05) is 0 Å². The molecule has 4 heterocycles. The second-order valence-corrected chi connectivity index (χ2v) is 4.05. The fourth-order valence-corrected chi connectivity index (χ4v) is 1.27. The summed E-state index contributed by atoms with van der Waals surface area (Å²) in [7, 11) is 0. The maximum Gasteiger partial charge on any atom is 0.180 e. The molecule has 0 radical (unpaired) electrons. The molecule has 0 aromatic carbocycles. The van der Waals surface area contributed by atoms with Crippen molar-refractivity contribution in [1.29, 1.82) is 0 Å². The summed E-state index contributed by atoms with van der Waals surface area (Å²) in [4.78, 5) is 11.1. The Bertz CT molecular complexity index is 457. The molecular weight excluding hydrogens is 298 g/mol. The van der Waals surface area contributed by atoms with Gasteiger partial charge in [0.2, 0.25) is 0 Å². The van der Waals surface area contributed by atoms with Gasteiger partial charge in [-0.3, -0.25) is 9.97 Å². The van der Waals surface area contributed by atoms with Crippen molar-refractivity contribution in [3.05, 3.63) is 91.1 Å². The van der Waals surface area contributed by atoms with Gasteiger partial charge in [0.25, 0.3) is 0 Å². The SMILES string of the molecule is c1ccncc1.c1ccnnc1.c1cocn1.c1cscn1. The number of hydrogen-bond acceptors (Lipinski definition) is 7. The lowest BCUT2D eigenvalue weighted by Crippen LogP contribution is -1.69. The Labute approximate surface area is 132 Å². The number of thiazole rings is 1. The van der Waals surface area contributed by atoms with Crippen molar-refractivity contribution in [1.82, 2.24) is 25.1 Å². The van der Waals surface area contributed by atoms with Crippen LogP contribution in [0, 0.1) is 0 Å². The highest BCUT2D eigenvalue weighted by Crippen LogP contribution is 1.85. The van der Waals surface area contributed by atoms with Gasteiger partial charge >= 0.3 is 0 Å². The molecular formula is C15H15N5OS. The number of pyridine rings is 1. The molecule has 0 amide bonds. The fraction of sp³-hybridized carbons (Fsp3) is 0. The lowest BCUT2D eigenvalue weighted by atomic mass is 10.5. The van der Waals surface area contributed by atoms with E-state index in [-0.39, 0.29) is 0 Å². The molecule has 0 aliphatic heterocycles. The molecule has 0 fully saturated rings. The maximum absolute atomic E-state index is 4.47. The van der Waals surface area contributed by atoms with Crippen LogP contribution < -0.4 is 0 Å². The summed E-state index contributed by atoms with van der Waals surface area (Å²) in [5, 5.41) is 9.00. The molecule has 4 rings (SSSR count). The summed E-state index contributed by atoms with van der Waals surface area (Å²) in [5.74, 6) is 0. The third kappa shape index (κ3) is 12.1. The molecule has 0 unspecified atom stereocenters. The second kappa shape index (κ2) is 14.5. The van der Waals surface area contributed by atoms with Gasteiger partial charge in [-0.2, -0.15) is 10.2 Å². The van der Waals surface area contributed by atoms with Crippen LogP contribution in [-0.4, -0.2) is 25.1 Å². The summed E-state index contributed by atoms with van der Waals surface area (Å²) in [5.41, 5.74) is 1.79. The second-order valence-electron chi connectivity index (χ2n) is 3.29. The quantitative estimate of drug-likeness (QED) is 0.495. The predicted molar refractivity (Wildman–Crippen MR) is 84.9 cm³/mol. The fourth-order valence-electron chi connectivity index (χ4n) is 0.917. The Kier molecular flexibility index (Phi) is 11.3. The molecule has 0 spiro atoms. The van der Waals surface area contributed by atoms with Crippen LogP contribution in [0.1, 0.15) is 0 Å². The van der Waals surface area contributed by atoms with Gasteiger partial charge in [0.05, 0.1) is 11.7 Å². The van der Waals surface area contributed by atoms with Gasteiger partial charge in [0, 0.05) is 36.4 Å². The zero-order valence-corrected chi connectivity index (χ0v) is 12.5. The van der Waals surface area contributed by atoms with Gasteiger partial charge in [-0.05, 0) is 24.3 Å². The van der Waals surface area contributed by atoms with Crippen LogP contribution >= 0.6 is 11.3 Å². The minimum absolute atomic E-state index is 1.38. The summed E-state index contributed by atoms with van der Waals surface area (Å²) in [6.45, 7) is 0. The van der Waals surface area contributed by atoms with Crippen LogP contribution in [0.5, 0.6) is 0 Å². The molecule has 0 saturated heterocycles. The normalized spacial score (nSPS) is 8.00. The van der Waals surface area contributed by atoms with Crippen LogP contribution in [0.2, 0.25) is 0 Å². The predicted octanol–water partition coefficient (Wildman–Crippen LogP) is 3.38. The minimum Gasteiger partial charge on any atom is -0.452 e. The van der Waals surface area contributed by atoms with Crippen molar-refractivity contribution in [2.45, 2.75) is 0 Å². The highest BCUT2D eigenvalue weighted by Gasteiger charge is 1.60. The highest BCUT2D eigenvalue weighted by atomic mass is 32.1. The van der Waals surface area contributed by atoms with E-state index in [4.69, 9.17) is 0 Å². The molecule has 4 aromatic rings. The van der Waals surface area contributed by atoms with E-state index in [0.717, 1.165) is 0 Å². The van der Waals surface area contributed by atoms with Gasteiger partial charge in [-0.25, -0.2) is 4.98 Å². The van der Waals surface area contributed by atoms with E-state index < -0.39 is 0 Å². The first-order chi connectivity index (χ1) is 11.0. The van der Waals surface area contributed by atoms with E-state index in [2.05, 4.69) is 29.6 Å². The molecule has 22 heavy (non-hydrogen) atoms. The number of oxazole rings is 1. The molecule has 7 heteroatoms. The largest absolute Gasteiger partial charge is 0.452 e. The van der Waals surface area contributed by atoms with Crippen LogP contribution in [0.15, 0.2) is 95.5 Å². The first-order valence-corrected chi connectivity index (χ1v) is 7.15. The van der Waals surface area contributed by atoms with Gasteiger partial charge in [-0.1, -0.05) is 6.07 Å². The monoisotopic (exact) mass is 313 g/mol. The number of nitrogens with zero attached hydrogens (tertiary/aromatic N) is 5. The van der Waals surface area contributed by atoms with Crippen molar-refractivity contribution >= 4 is 11.3 Å². The van der Waals surface area contributed by atoms with Gasteiger partial charge in [0.1, 0.15) is 6.26 Å². The minimum atomic E-state index is 1.38. The Morgan fingerprint density at radius 3 is 1.55 bits per heavy atom. The molecule has 0 atom stereocenters. The topological polar surface area (TPSA) is 77.6 Å². The van der Waals surface area contributed by atoms with E-state index in [9.17, 15) is 0 Å². The average Bonchev–Trinajstić information content (AvgIpc) is 3.37. The maximum atomic E-state index is 4.47. The van der Waals surface area contributed by atoms with E-state index >= 15 is 0 Å². The van der Waals surface area contributed by atoms with Crippen molar-refractivity contribution in [3.63, 3.8) is 0 Å². The van der Waals surface area contributed by atoms with Crippen molar-refractivity contribution in [2.24, 2.45) is 0 Å². The van der Waals surface area contributed by atoms with Crippen LogP contribution in [0.4, 0.5) is 0 Å². The summed E-state index contributed by atoms with van der Waals surface area (Å²) < 4.78 is 4.47. The Morgan fingerprint density at radius 1 is 0.636 bits per heavy atom. The average molecular weight is 313 g/mol. The van der Waals surface area contributed by atoms with Crippen molar-refractivity contribution < 1.29 is 4.42 Å².